The first-order chi connectivity index (χ1) is 9.25. The molecule has 102 valence electrons. The number of aliphatic hydroxyl groups is 1. The van der Waals surface area contributed by atoms with Crippen LogP contribution in [0.25, 0.3) is 10.1 Å². The molecule has 1 aromatic heterocycles. The monoisotopic (exact) mass is 338 g/mol. The number of rotatable bonds is 3. The quantitative estimate of drug-likeness (QED) is 0.764. The molecule has 0 spiro atoms. The number of benzene rings is 1. The number of thiophene rings is 1. The molecule has 19 heavy (non-hydrogen) atoms. The fourth-order valence-corrected chi connectivity index (χ4v) is 4.83. The van der Waals surface area contributed by atoms with Gasteiger partial charge >= 0.3 is 0 Å². The van der Waals surface area contributed by atoms with Crippen LogP contribution in [0.3, 0.4) is 0 Å². The van der Waals surface area contributed by atoms with Crippen LogP contribution < -0.4 is 0 Å². The molecule has 1 unspecified atom stereocenters. The van der Waals surface area contributed by atoms with Crippen LogP contribution in [0.15, 0.2) is 28.1 Å². The lowest BCUT2D eigenvalue weighted by Gasteiger charge is -2.23. The highest BCUT2D eigenvalue weighted by Crippen LogP contribution is 2.38. The van der Waals surface area contributed by atoms with Gasteiger partial charge in [0.2, 0.25) is 0 Å². The van der Waals surface area contributed by atoms with E-state index in [-0.39, 0.29) is 6.10 Å². The second-order valence-electron chi connectivity index (χ2n) is 5.56. The molecule has 0 bridgehead atoms. The number of halogens is 1. The summed E-state index contributed by atoms with van der Waals surface area (Å²) in [4.78, 5) is 0. The van der Waals surface area contributed by atoms with Crippen LogP contribution in [0.2, 0.25) is 0 Å². The van der Waals surface area contributed by atoms with Crippen LogP contribution in [-0.4, -0.2) is 5.11 Å². The lowest BCUT2D eigenvalue weighted by Crippen LogP contribution is -2.10. The van der Waals surface area contributed by atoms with E-state index in [1.54, 1.807) is 11.3 Å². The molecule has 3 rings (SSSR count). The Labute approximate surface area is 126 Å². The second kappa shape index (κ2) is 5.94. The summed E-state index contributed by atoms with van der Waals surface area (Å²) in [6.45, 7) is 0. The van der Waals surface area contributed by atoms with Crippen molar-refractivity contribution in [3.8, 4) is 0 Å². The summed E-state index contributed by atoms with van der Waals surface area (Å²) in [5.41, 5.74) is 1.12. The average molecular weight is 339 g/mol. The zero-order chi connectivity index (χ0) is 13.2. The molecule has 3 heteroatoms. The highest BCUT2D eigenvalue weighted by atomic mass is 79.9. The Morgan fingerprint density at radius 2 is 2.05 bits per heavy atom. The third kappa shape index (κ3) is 2.88. The van der Waals surface area contributed by atoms with E-state index in [1.807, 2.05) is 0 Å². The molecule has 0 saturated heterocycles. The molecule has 1 atom stereocenters. The largest absolute Gasteiger partial charge is 0.388 e. The van der Waals surface area contributed by atoms with Crippen molar-refractivity contribution >= 4 is 37.4 Å². The molecule has 0 aliphatic heterocycles. The Balaban J connectivity index is 1.81. The molecule has 1 aliphatic rings. The van der Waals surface area contributed by atoms with Crippen molar-refractivity contribution in [3.05, 3.63) is 33.6 Å². The van der Waals surface area contributed by atoms with Crippen molar-refractivity contribution in [1.29, 1.82) is 0 Å². The van der Waals surface area contributed by atoms with Gasteiger partial charge in [0.05, 0.1) is 6.10 Å². The van der Waals surface area contributed by atoms with Crippen LogP contribution in [0.5, 0.6) is 0 Å². The van der Waals surface area contributed by atoms with Gasteiger partial charge in [0.15, 0.2) is 0 Å². The summed E-state index contributed by atoms with van der Waals surface area (Å²) >= 11 is 5.31. The lowest BCUT2D eigenvalue weighted by molar-refractivity contribution is 0.133. The van der Waals surface area contributed by atoms with Gasteiger partial charge in [-0.05, 0) is 50.7 Å². The first-order valence-electron chi connectivity index (χ1n) is 7.09. The Morgan fingerprint density at radius 3 is 2.84 bits per heavy atom. The number of hydrogen-bond acceptors (Lipinski definition) is 2. The number of hydrogen-bond donors (Lipinski definition) is 1. The van der Waals surface area contributed by atoms with E-state index >= 15 is 0 Å². The second-order valence-corrected chi connectivity index (χ2v) is 7.30. The van der Waals surface area contributed by atoms with E-state index in [9.17, 15) is 5.11 Å². The normalized spacial score (nSPS) is 18.8. The number of aliphatic hydroxyl groups excluding tert-OH is 1. The summed E-state index contributed by atoms with van der Waals surface area (Å²) in [6, 6.07) is 6.24. The summed E-state index contributed by atoms with van der Waals surface area (Å²) in [5, 5.41) is 13.9. The summed E-state index contributed by atoms with van der Waals surface area (Å²) < 4.78 is 2.38. The van der Waals surface area contributed by atoms with Crippen molar-refractivity contribution < 1.29 is 5.11 Å². The van der Waals surface area contributed by atoms with Gasteiger partial charge in [0.1, 0.15) is 0 Å². The fraction of sp³-hybridized carbons (Fsp3) is 0.500. The maximum Gasteiger partial charge on any atom is 0.0806 e. The topological polar surface area (TPSA) is 20.2 Å². The molecule has 1 heterocycles. The van der Waals surface area contributed by atoms with Gasteiger partial charge in [-0.2, -0.15) is 0 Å². The lowest BCUT2D eigenvalue weighted by atomic mass is 9.84. The van der Waals surface area contributed by atoms with Crippen LogP contribution in [0.4, 0.5) is 0 Å². The van der Waals surface area contributed by atoms with Crippen LogP contribution in [-0.2, 0) is 0 Å². The van der Waals surface area contributed by atoms with Gasteiger partial charge in [-0.25, -0.2) is 0 Å². The summed E-state index contributed by atoms with van der Waals surface area (Å²) in [7, 11) is 0. The van der Waals surface area contributed by atoms with Crippen LogP contribution >= 0.6 is 27.3 Å². The molecule has 0 radical (unpaired) electrons. The summed E-state index contributed by atoms with van der Waals surface area (Å²) in [6.07, 6.45) is 7.28. The molecule has 1 aliphatic carbocycles. The van der Waals surface area contributed by atoms with Crippen molar-refractivity contribution in [2.24, 2.45) is 5.92 Å². The smallest absolute Gasteiger partial charge is 0.0806 e. The predicted octanol–water partition coefficient (Wildman–Crippen LogP) is 5.67. The van der Waals surface area contributed by atoms with Gasteiger partial charge in [0, 0.05) is 9.17 Å². The Kier molecular flexibility index (Phi) is 4.25. The van der Waals surface area contributed by atoms with Gasteiger partial charge in [0.25, 0.3) is 0 Å². The zero-order valence-electron chi connectivity index (χ0n) is 10.9. The van der Waals surface area contributed by atoms with Gasteiger partial charge < -0.3 is 5.11 Å². The molecule has 1 aromatic carbocycles. The molecule has 1 N–H and O–H groups in total. The SMILES string of the molecule is OC(CC1CCCCC1)c1csc2c(Br)cccc12. The van der Waals surface area contributed by atoms with E-state index in [2.05, 4.69) is 39.5 Å². The van der Waals surface area contributed by atoms with Gasteiger partial charge in [-0.3, -0.25) is 0 Å². The van der Waals surface area contributed by atoms with E-state index in [1.165, 1.54) is 42.2 Å². The molecule has 2 aromatic rings. The van der Waals surface area contributed by atoms with E-state index in [0.29, 0.717) is 5.92 Å². The van der Waals surface area contributed by atoms with E-state index in [4.69, 9.17) is 0 Å². The average Bonchev–Trinajstić information content (AvgIpc) is 2.85. The van der Waals surface area contributed by atoms with Crippen molar-refractivity contribution in [1.82, 2.24) is 0 Å². The molecule has 0 amide bonds. The zero-order valence-corrected chi connectivity index (χ0v) is 13.3. The highest BCUT2D eigenvalue weighted by Gasteiger charge is 2.20. The predicted molar refractivity (Wildman–Crippen MR) is 85.7 cm³/mol. The maximum absolute atomic E-state index is 10.5. The molecular weight excluding hydrogens is 320 g/mol. The van der Waals surface area contributed by atoms with Crippen LogP contribution in [0.1, 0.15) is 50.2 Å². The number of fused-ring (bicyclic) bond motifs is 1. The van der Waals surface area contributed by atoms with E-state index in [0.717, 1.165) is 16.5 Å². The van der Waals surface area contributed by atoms with E-state index < -0.39 is 0 Å². The highest BCUT2D eigenvalue weighted by molar-refractivity contribution is 9.10. The van der Waals surface area contributed by atoms with Crippen molar-refractivity contribution in [2.45, 2.75) is 44.6 Å². The standard InChI is InChI=1S/C16H19BrOS/c17-14-8-4-7-12-13(10-19-16(12)14)15(18)9-11-5-2-1-3-6-11/h4,7-8,10-11,15,18H,1-3,5-6,9H2. The molecule has 1 nitrogen and oxygen atoms in total. The minimum absolute atomic E-state index is 0.300. The molecular formula is C16H19BrOS. The third-order valence-electron chi connectivity index (χ3n) is 4.22. The first kappa shape index (κ1) is 13.6. The van der Waals surface area contributed by atoms with Crippen molar-refractivity contribution in [2.75, 3.05) is 0 Å². The third-order valence-corrected chi connectivity index (χ3v) is 6.19. The Hall–Kier alpha value is -0.380. The molecule has 1 saturated carbocycles. The fourth-order valence-electron chi connectivity index (χ4n) is 3.17. The molecule has 1 fully saturated rings. The van der Waals surface area contributed by atoms with Crippen molar-refractivity contribution in [3.63, 3.8) is 0 Å². The Morgan fingerprint density at radius 1 is 1.26 bits per heavy atom. The van der Waals surface area contributed by atoms with Gasteiger partial charge in [-0.1, -0.05) is 44.2 Å². The Bertz CT molecular complexity index is 557. The van der Waals surface area contributed by atoms with Crippen LogP contribution in [0, 0.1) is 5.92 Å². The maximum atomic E-state index is 10.5. The summed E-state index contributed by atoms with van der Waals surface area (Å²) in [5.74, 6) is 0.714. The first-order valence-corrected chi connectivity index (χ1v) is 8.76. The minimum Gasteiger partial charge on any atom is -0.388 e. The minimum atomic E-state index is -0.300. The van der Waals surface area contributed by atoms with Gasteiger partial charge in [-0.15, -0.1) is 11.3 Å².